The highest BCUT2D eigenvalue weighted by molar-refractivity contribution is 7.89. The molecule has 0 aliphatic carbocycles. The molecule has 5 amide bonds. The number of aromatic nitrogens is 3. The molecule has 0 unspecified atom stereocenters. The van der Waals surface area contributed by atoms with Crippen molar-refractivity contribution in [1.82, 2.24) is 65.4 Å². The number of pyridine rings is 1. The number of sulfonamides is 1. The van der Waals surface area contributed by atoms with Crippen LogP contribution < -0.4 is 46.8 Å². The summed E-state index contributed by atoms with van der Waals surface area (Å²) in [5.74, 6) is -4.95. The lowest BCUT2D eigenvalue weighted by Crippen LogP contribution is -2.52. The predicted octanol–water partition coefficient (Wildman–Crippen LogP) is -0.705. The van der Waals surface area contributed by atoms with Crippen molar-refractivity contribution in [3.8, 4) is 5.75 Å². The summed E-state index contributed by atoms with van der Waals surface area (Å²) in [5, 5.41) is 45.8. The molecule has 95 heavy (non-hydrogen) atoms. The van der Waals surface area contributed by atoms with Gasteiger partial charge < -0.3 is 80.6 Å². The number of carboxylic acids is 3. The van der Waals surface area contributed by atoms with Crippen LogP contribution in [-0.2, 0) is 71.4 Å². The van der Waals surface area contributed by atoms with Crippen molar-refractivity contribution in [1.29, 1.82) is 0 Å². The zero-order valence-electron chi connectivity index (χ0n) is 54.8. The van der Waals surface area contributed by atoms with Gasteiger partial charge in [0.2, 0.25) is 39.1 Å². The number of hydrogen-bond acceptors (Lipinski definition) is 21. The van der Waals surface area contributed by atoms with Crippen LogP contribution in [0.2, 0.25) is 0 Å². The van der Waals surface area contributed by atoms with Gasteiger partial charge in [0.25, 0.3) is 5.91 Å². The number of nitrogens with one attached hydrogen (secondary N) is 8. The van der Waals surface area contributed by atoms with Crippen molar-refractivity contribution < 1.29 is 81.0 Å². The summed E-state index contributed by atoms with van der Waals surface area (Å²) in [6.07, 6.45) is 6.15. The standard InChI is InChI=1S/C62H94N14O18S/c1-6-73-19-21-75(41-55(80)81)25-23-74(24-26-76(22-20-73)42-56(82)83)40-54(79)70-49(13-14-52(77)63-4)60(86)65-16-9-28-92-31-33-93-32-30-91-27-8-15-64-53(78)10-7-29-94-46-34-43(2)58(44(3)35-46)95(89,90)71-50(61(87)88)38-68-59(85)48-39-72(5)51-36-45(11-12-47(51)57(48)84)37-69-62-66-17-18-67-62/h11-12,17-18,34-36,39,49-50,71H,6-10,13-16,19-33,37-38,40-42H2,1-5H3,(H,63,77)(H,64,78)(H,65,86)(H,68,85)(H,70,79)(H,80,81)(H,82,83)(H,87,88)(H2,66,67,69)/t49-,50+/m1/s1. The van der Waals surface area contributed by atoms with E-state index in [1.165, 1.54) is 39.2 Å². The molecule has 33 heteroatoms. The van der Waals surface area contributed by atoms with Crippen LogP contribution in [-0.4, -0.2) is 269 Å². The number of H-pyrrole nitrogens is 1. The Morgan fingerprint density at radius 1 is 0.684 bits per heavy atom. The molecule has 1 aliphatic rings. The predicted molar refractivity (Wildman–Crippen MR) is 349 cm³/mol. The average Bonchev–Trinajstić information content (AvgIpc) is 0.946. The lowest BCUT2D eigenvalue weighted by molar-refractivity contribution is -0.139. The molecule has 4 aromatic rings. The fourth-order valence-corrected chi connectivity index (χ4v) is 12.0. The van der Waals surface area contributed by atoms with E-state index >= 15 is 0 Å². The van der Waals surface area contributed by atoms with Crippen LogP contribution in [0.3, 0.4) is 0 Å². The molecule has 1 saturated heterocycles. The number of carbonyl (C=O) groups excluding carboxylic acids is 5. The van der Waals surface area contributed by atoms with Crippen molar-refractivity contribution in [3.63, 3.8) is 0 Å². The van der Waals surface area contributed by atoms with Crippen LogP contribution in [0.4, 0.5) is 5.95 Å². The largest absolute Gasteiger partial charge is 0.494 e. The normalized spacial score (nSPS) is 14.6. The number of likely N-dealkylation sites (N-methyl/N-ethyl adjacent to an activating group) is 1. The average molecular weight is 1360 g/mol. The van der Waals surface area contributed by atoms with Gasteiger partial charge in [-0.15, -0.1) is 0 Å². The van der Waals surface area contributed by atoms with Gasteiger partial charge in [0, 0.05) is 143 Å². The van der Waals surface area contributed by atoms with E-state index in [1.807, 2.05) is 11.8 Å². The summed E-state index contributed by atoms with van der Waals surface area (Å²) in [5.41, 5.74) is 1.06. The smallest absolute Gasteiger partial charge is 0.323 e. The summed E-state index contributed by atoms with van der Waals surface area (Å²) in [6, 6.07) is 5.26. The molecule has 0 bridgehead atoms. The highest BCUT2D eigenvalue weighted by atomic mass is 32.2. The number of anilines is 1. The first-order chi connectivity index (χ1) is 45.5. The van der Waals surface area contributed by atoms with Crippen LogP contribution in [0.25, 0.3) is 10.9 Å². The highest BCUT2D eigenvalue weighted by Gasteiger charge is 2.30. The van der Waals surface area contributed by atoms with Gasteiger partial charge >= 0.3 is 17.9 Å². The summed E-state index contributed by atoms with van der Waals surface area (Å²) in [7, 11) is -1.34. The third-order valence-electron chi connectivity index (χ3n) is 15.4. The summed E-state index contributed by atoms with van der Waals surface area (Å²) in [4.78, 5) is 128. The minimum Gasteiger partial charge on any atom is -0.494 e. The first-order valence-electron chi connectivity index (χ1n) is 31.7. The number of aryl methyl sites for hydroxylation is 3. The van der Waals surface area contributed by atoms with E-state index in [9.17, 15) is 66.9 Å². The molecule has 526 valence electrons. The Kier molecular flexibility index (Phi) is 33.4. The second-order valence-electron chi connectivity index (χ2n) is 22.8. The maximum absolute atomic E-state index is 13.7. The highest BCUT2D eigenvalue weighted by Crippen LogP contribution is 2.26. The topological polar surface area (TPSA) is 416 Å². The minimum absolute atomic E-state index is 0.0218. The van der Waals surface area contributed by atoms with Crippen LogP contribution in [0.5, 0.6) is 5.75 Å². The van der Waals surface area contributed by atoms with Gasteiger partial charge in [0.1, 0.15) is 23.4 Å². The van der Waals surface area contributed by atoms with Crippen LogP contribution in [0.1, 0.15) is 72.5 Å². The summed E-state index contributed by atoms with van der Waals surface area (Å²) >= 11 is 0. The number of rotatable bonds is 41. The third-order valence-corrected chi connectivity index (χ3v) is 17.2. The van der Waals surface area contributed by atoms with Crippen LogP contribution in [0.15, 0.2) is 58.6 Å². The van der Waals surface area contributed by atoms with Crippen molar-refractivity contribution in [3.05, 3.63) is 81.4 Å². The fraction of sp³-hybridized carbons (Fsp3) is 0.581. The van der Waals surface area contributed by atoms with E-state index < -0.39 is 69.7 Å². The van der Waals surface area contributed by atoms with Crippen LogP contribution in [0, 0.1) is 13.8 Å². The van der Waals surface area contributed by atoms with Crippen molar-refractivity contribution >= 4 is 74.3 Å². The first kappa shape index (κ1) is 77.6. The number of hydrogen-bond donors (Lipinski definition) is 11. The lowest BCUT2D eigenvalue weighted by atomic mass is 10.1. The van der Waals surface area contributed by atoms with Gasteiger partial charge in [-0.1, -0.05) is 13.0 Å². The SMILES string of the molecule is CCN1CCN(CC(=O)O)CCN(CC(=O)N[C@H](CCC(=O)NC)C(=O)NCCCOCCOCCOCCCNC(=O)CCCOc2cc(C)c(S(=O)(=O)N[C@@H](CNC(=O)c3cn(C)c4cc(CNc5ncc[nH]5)ccc4c3=O)C(=O)O)c(C)c2)CCN(CC(=O)O)CC1. The second-order valence-corrected chi connectivity index (χ2v) is 24.4. The first-order valence-corrected chi connectivity index (χ1v) is 33.2. The molecule has 0 spiro atoms. The molecule has 3 heterocycles. The number of imidazole rings is 1. The Labute approximate surface area is 552 Å². The monoisotopic (exact) mass is 1350 g/mol. The molecule has 2 atom stereocenters. The number of amides is 5. The number of benzene rings is 2. The summed E-state index contributed by atoms with van der Waals surface area (Å²) < 4.78 is 53.7. The molecule has 2 aromatic heterocycles. The molecular weight excluding hydrogens is 1260 g/mol. The molecule has 0 radical (unpaired) electrons. The Morgan fingerprint density at radius 2 is 1.26 bits per heavy atom. The molecule has 11 N–H and O–H groups in total. The van der Waals surface area contributed by atoms with Crippen molar-refractivity contribution in [2.24, 2.45) is 7.05 Å². The molecule has 32 nitrogen and oxygen atoms in total. The summed E-state index contributed by atoms with van der Waals surface area (Å²) in [6.45, 7) is 11.1. The fourth-order valence-electron chi connectivity index (χ4n) is 10.3. The quantitative estimate of drug-likeness (QED) is 0.0245. The molecule has 1 fully saturated rings. The van der Waals surface area contributed by atoms with E-state index in [1.54, 1.807) is 52.0 Å². The lowest BCUT2D eigenvalue weighted by Gasteiger charge is -2.33. The molecule has 0 saturated carbocycles. The molecular formula is C62H94N14O18S. The maximum Gasteiger partial charge on any atom is 0.323 e. The van der Waals surface area contributed by atoms with E-state index in [4.69, 9.17) is 18.9 Å². The van der Waals surface area contributed by atoms with Gasteiger partial charge in [-0.3, -0.25) is 57.9 Å². The van der Waals surface area contributed by atoms with Crippen LogP contribution >= 0.6 is 0 Å². The third kappa shape index (κ3) is 28.0. The second kappa shape index (κ2) is 41.0. The number of carboxylic acid groups (broad SMARTS) is 3. The molecule has 1 aliphatic heterocycles. The zero-order chi connectivity index (χ0) is 69.3. The zero-order valence-corrected chi connectivity index (χ0v) is 55.7. The number of fused-ring (bicyclic) bond motifs is 1. The number of aliphatic carboxylic acids is 3. The Morgan fingerprint density at radius 3 is 1.82 bits per heavy atom. The number of carbonyl (C=O) groups is 8. The van der Waals surface area contributed by atoms with Gasteiger partial charge in [-0.2, -0.15) is 4.72 Å². The minimum atomic E-state index is -4.47. The van der Waals surface area contributed by atoms with Gasteiger partial charge in [0.15, 0.2) is 5.95 Å². The van der Waals surface area contributed by atoms with E-state index in [0.717, 1.165) is 12.1 Å². The van der Waals surface area contributed by atoms with E-state index in [0.29, 0.717) is 135 Å². The van der Waals surface area contributed by atoms with Crippen molar-refractivity contribution in [2.45, 2.75) is 82.8 Å². The van der Waals surface area contributed by atoms with E-state index in [-0.39, 0.29) is 97.4 Å². The number of nitrogens with zero attached hydrogens (tertiary/aromatic N) is 6. The molecule has 2 aromatic carbocycles. The van der Waals surface area contributed by atoms with E-state index in [2.05, 4.69) is 51.5 Å². The Hall–Kier alpha value is -8.15. The maximum atomic E-state index is 13.7. The van der Waals surface area contributed by atoms with Gasteiger partial charge in [0.05, 0.1) is 63.1 Å². The number of ether oxygens (including phenoxy) is 4. The van der Waals surface area contributed by atoms with Gasteiger partial charge in [-0.25, -0.2) is 13.4 Å². The number of aromatic amines is 1. The molecule has 5 rings (SSSR count). The Balaban J connectivity index is 0.916. The van der Waals surface area contributed by atoms with Crippen molar-refractivity contribution in [2.75, 3.05) is 157 Å². The Bertz CT molecular complexity index is 3280. The van der Waals surface area contributed by atoms with Gasteiger partial charge in [-0.05, 0) is 87.0 Å².